The summed E-state index contributed by atoms with van der Waals surface area (Å²) in [4.78, 5) is 0. The number of rotatable bonds is 8. The Morgan fingerprint density at radius 3 is 2.88 bits per heavy atom. The van der Waals surface area contributed by atoms with E-state index in [1.54, 1.807) is 0 Å². The summed E-state index contributed by atoms with van der Waals surface area (Å²) >= 11 is 0. The minimum absolute atomic E-state index is 0.357. The lowest BCUT2D eigenvalue weighted by molar-refractivity contribution is 0.0341. The van der Waals surface area contributed by atoms with E-state index in [2.05, 4.69) is 19.2 Å². The lowest BCUT2D eigenvalue weighted by atomic mass is 10.1. The van der Waals surface area contributed by atoms with Crippen LogP contribution < -0.4 is 5.32 Å². The molecule has 0 aromatic heterocycles. The monoisotopic (exact) mass is 229 g/mol. The van der Waals surface area contributed by atoms with Gasteiger partial charge < -0.3 is 15.2 Å². The first-order valence-electron chi connectivity index (χ1n) is 6.73. The Morgan fingerprint density at radius 1 is 1.44 bits per heavy atom. The molecule has 0 heterocycles. The fraction of sp³-hybridized carbons (Fsp3) is 1.00. The van der Waals surface area contributed by atoms with Crippen LogP contribution in [0.1, 0.15) is 46.0 Å². The van der Waals surface area contributed by atoms with Gasteiger partial charge in [0.2, 0.25) is 0 Å². The van der Waals surface area contributed by atoms with Crippen LogP contribution in [0.2, 0.25) is 0 Å². The molecule has 3 unspecified atom stereocenters. The maximum atomic E-state index is 9.71. The van der Waals surface area contributed by atoms with Crippen molar-refractivity contribution in [1.82, 2.24) is 5.32 Å². The molecular formula is C13H27NO2. The quantitative estimate of drug-likeness (QED) is 0.625. The second-order valence-electron chi connectivity index (χ2n) is 5.01. The molecule has 1 saturated carbocycles. The molecule has 0 aliphatic heterocycles. The molecule has 0 saturated heterocycles. The molecule has 1 aliphatic carbocycles. The van der Waals surface area contributed by atoms with Gasteiger partial charge in [-0.3, -0.25) is 0 Å². The fourth-order valence-corrected chi connectivity index (χ4v) is 2.26. The van der Waals surface area contributed by atoms with Crippen molar-refractivity contribution in [2.24, 2.45) is 5.92 Å². The number of nitrogens with one attached hydrogen (secondary N) is 1. The number of aliphatic hydroxyl groups excluding tert-OH is 1. The van der Waals surface area contributed by atoms with Crippen LogP contribution in [-0.4, -0.2) is 37.0 Å². The molecule has 0 amide bonds. The Balaban J connectivity index is 1.99. The highest BCUT2D eigenvalue weighted by atomic mass is 16.5. The van der Waals surface area contributed by atoms with E-state index in [0.29, 0.717) is 19.2 Å². The van der Waals surface area contributed by atoms with Crippen molar-refractivity contribution in [1.29, 1.82) is 0 Å². The lowest BCUT2D eigenvalue weighted by Crippen LogP contribution is -2.38. The summed E-state index contributed by atoms with van der Waals surface area (Å²) in [5.41, 5.74) is 0. The highest BCUT2D eigenvalue weighted by molar-refractivity contribution is 4.80. The van der Waals surface area contributed by atoms with Crippen molar-refractivity contribution < 1.29 is 9.84 Å². The zero-order chi connectivity index (χ0) is 11.8. The molecule has 16 heavy (non-hydrogen) atoms. The average Bonchev–Trinajstić information content (AvgIpc) is 2.67. The first-order valence-corrected chi connectivity index (χ1v) is 6.73. The lowest BCUT2D eigenvalue weighted by Gasteiger charge is -2.19. The Bertz CT molecular complexity index is 175. The van der Waals surface area contributed by atoms with Gasteiger partial charge in [-0.2, -0.15) is 0 Å². The van der Waals surface area contributed by atoms with Gasteiger partial charge >= 0.3 is 0 Å². The van der Waals surface area contributed by atoms with E-state index < -0.39 is 0 Å². The molecular weight excluding hydrogens is 202 g/mol. The third kappa shape index (κ3) is 5.28. The normalized spacial score (nSPS) is 27.2. The molecule has 3 nitrogen and oxygen atoms in total. The van der Waals surface area contributed by atoms with Crippen molar-refractivity contribution in [3.63, 3.8) is 0 Å². The molecule has 96 valence electrons. The Hall–Kier alpha value is -0.120. The first kappa shape index (κ1) is 13.9. The predicted molar refractivity (Wildman–Crippen MR) is 66.5 cm³/mol. The largest absolute Gasteiger partial charge is 0.389 e. The molecule has 0 aromatic rings. The maximum absolute atomic E-state index is 9.71. The van der Waals surface area contributed by atoms with Crippen LogP contribution in [-0.2, 0) is 4.74 Å². The van der Waals surface area contributed by atoms with Gasteiger partial charge in [0, 0.05) is 19.2 Å². The molecule has 3 heteroatoms. The van der Waals surface area contributed by atoms with Crippen molar-refractivity contribution in [2.75, 3.05) is 19.8 Å². The van der Waals surface area contributed by atoms with E-state index in [1.165, 1.54) is 19.3 Å². The summed E-state index contributed by atoms with van der Waals surface area (Å²) in [5, 5.41) is 13.1. The smallest absolute Gasteiger partial charge is 0.0897 e. The summed E-state index contributed by atoms with van der Waals surface area (Å²) in [6.45, 7) is 6.33. The highest BCUT2D eigenvalue weighted by Gasteiger charge is 2.23. The molecule has 1 fully saturated rings. The van der Waals surface area contributed by atoms with Gasteiger partial charge in [0.15, 0.2) is 0 Å². The molecule has 1 aliphatic rings. The van der Waals surface area contributed by atoms with Gasteiger partial charge in [0.05, 0.1) is 12.7 Å². The van der Waals surface area contributed by atoms with Crippen molar-refractivity contribution in [3.8, 4) is 0 Å². The number of ether oxygens (including phenoxy) is 1. The van der Waals surface area contributed by atoms with Crippen LogP contribution >= 0.6 is 0 Å². The van der Waals surface area contributed by atoms with Gasteiger partial charge in [0.25, 0.3) is 0 Å². The summed E-state index contributed by atoms with van der Waals surface area (Å²) in [6.07, 6.45) is 5.77. The topological polar surface area (TPSA) is 41.5 Å². The minimum Gasteiger partial charge on any atom is -0.389 e. The molecule has 1 rings (SSSR count). The Kier molecular flexibility index (Phi) is 7.01. The molecule has 0 spiro atoms. The first-order chi connectivity index (χ1) is 7.74. The number of unbranched alkanes of at least 4 members (excludes halogenated alkanes) is 1. The molecule has 2 N–H and O–H groups in total. The number of aliphatic hydroxyl groups is 1. The van der Waals surface area contributed by atoms with Crippen molar-refractivity contribution in [3.05, 3.63) is 0 Å². The molecule has 3 atom stereocenters. The molecule has 0 radical (unpaired) electrons. The van der Waals surface area contributed by atoms with E-state index in [0.717, 1.165) is 25.4 Å². The maximum Gasteiger partial charge on any atom is 0.0897 e. The SMILES string of the molecule is CCCCOCC(O)CNC1CCCC1C. The summed E-state index contributed by atoms with van der Waals surface area (Å²) in [7, 11) is 0. The van der Waals surface area contributed by atoms with Crippen LogP contribution in [0.25, 0.3) is 0 Å². The standard InChI is InChI=1S/C13H27NO2/c1-3-4-8-16-10-12(15)9-14-13-7-5-6-11(13)2/h11-15H,3-10H2,1-2H3. The Morgan fingerprint density at radius 2 is 2.25 bits per heavy atom. The van der Waals surface area contributed by atoms with E-state index in [9.17, 15) is 5.11 Å². The van der Waals surface area contributed by atoms with Crippen LogP contribution in [0.15, 0.2) is 0 Å². The van der Waals surface area contributed by atoms with E-state index >= 15 is 0 Å². The number of hydrogen-bond acceptors (Lipinski definition) is 3. The summed E-state index contributed by atoms with van der Waals surface area (Å²) in [6, 6.07) is 0.602. The third-order valence-electron chi connectivity index (χ3n) is 3.43. The van der Waals surface area contributed by atoms with E-state index in [1.807, 2.05) is 0 Å². The molecule has 0 aromatic carbocycles. The van der Waals surface area contributed by atoms with E-state index in [-0.39, 0.29) is 6.10 Å². The average molecular weight is 229 g/mol. The zero-order valence-corrected chi connectivity index (χ0v) is 10.7. The van der Waals surface area contributed by atoms with Gasteiger partial charge in [-0.1, -0.05) is 26.7 Å². The minimum atomic E-state index is -0.357. The van der Waals surface area contributed by atoms with Crippen molar-refractivity contribution >= 4 is 0 Å². The van der Waals surface area contributed by atoms with Gasteiger partial charge in [0.1, 0.15) is 0 Å². The van der Waals surface area contributed by atoms with Crippen LogP contribution in [0.3, 0.4) is 0 Å². The van der Waals surface area contributed by atoms with Gasteiger partial charge in [-0.05, 0) is 25.2 Å². The summed E-state index contributed by atoms with van der Waals surface area (Å²) < 4.78 is 5.39. The number of hydrogen-bond donors (Lipinski definition) is 2. The highest BCUT2D eigenvalue weighted by Crippen LogP contribution is 2.24. The van der Waals surface area contributed by atoms with Gasteiger partial charge in [-0.25, -0.2) is 0 Å². The van der Waals surface area contributed by atoms with Gasteiger partial charge in [-0.15, -0.1) is 0 Å². The Labute approximate surface area is 99.6 Å². The zero-order valence-electron chi connectivity index (χ0n) is 10.7. The second-order valence-corrected chi connectivity index (χ2v) is 5.01. The summed E-state index contributed by atoms with van der Waals surface area (Å²) in [5.74, 6) is 0.758. The van der Waals surface area contributed by atoms with Crippen LogP contribution in [0, 0.1) is 5.92 Å². The molecule has 0 bridgehead atoms. The van der Waals surface area contributed by atoms with E-state index in [4.69, 9.17) is 4.74 Å². The van der Waals surface area contributed by atoms with Crippen molar-refractivity contribution in [2.45, 2.75) is 58.1 Å². The fourth-order valence-electron chi connectivity index (χ4n) is 2.26. The van der Waals surface area contributed by atoms with Crippen LogP contribution in [0.5, 0.6) is 0 Å². The third-order valence-corrected chi connectivity index (χ3v) is 3.43. The van der Waals surface area contributed by atoms with Crippen LogP contribution in [0.4, 0.5) is 0 Å². The second kappa shape index (κ2) is 8.04. The predicted octanol–water partition coefficient (Wildman–Crippen LogP) is 1.94.